The average Bonchev–Trinajstić information content (AvgIpc) is 2.36. The van der Waals surface area contributed by atoms with Crippen molar-refractivity contribution >= 4 is 0 Å². The van der Waals surface area contributed by atoms with E-state index in [0.29, 0.717) is 18.0 Å². The summed E-state index contributed by atoms with van der Waals surface area (Å²) in [6, 6.07) is 0.482. The zero-order valence-electron chi connectivity index (χ0n) is 15.6. The highest BCUT2D eigenvalue weighted by molar-refractivity contribution is 5.10. The molecule has 130 valence electrons. The SMILES string of the molecule is CC(C)(C)CCOc1ncc(CC(C)(C)CC2(C)COC2)cn1. The van der Waals surface area contributed by atoms with Gasteiger partial charge in [-0.1, -0.05) is 41.5 Å². The van der Waals surface area contributed by atoms with Crippen LogP contribution in [0.5, 0.6) is 6.01 Å². The Bertz CT molecular complexity index is 499. The topological polar surface area (TPSA) is 44.2 Å². The molecule has 1 aromatic rings. The van der Waals surface area contributed by atoms with Crippen LogP contribution in [-0.4, -0.2) is 29.8 Å². The number of ether oxygens (including phenoxy) is 2. The van der Waals surface area contributed by atoms with Crippen LogP contribution >= 0.6 is 0 Å². The highest BCUT2D eigenvalue weighted by Gasteiger charge is 2.38. The highest BCUT2D eigenvalue weighted by atomic mass is 16.5. The third-order valence-corrected chi connectivity index (χ3v) is 4.25. The molecule has 0 bridgehead atoms. The molecular formula is C19H32N2O2. The Morgan fingerprint density at radius 2 is 1.74 bits per heavy atom. The Kier molecular flexibility index (Phi) is 5.34. The molecule has 0 atom stereocenters. The molecule has 1 fully saturated rings. The smallest absolute Gasteiger partial charge is 0.316 e. The van der Waals surface area contributed by atoms with Crippen molar-refractivity contribution in [2.45, 2.75) is 60.8 Å². The lowest BCUT2D eigenvalue weighted by molar-refractivity contribution is -0.120. The van der Waals surface area contributed by atoms with Crippen LogP contribution in [-0.2, 0) is 11.2 Å². The molecule has 0 radical (unpaired) electrons. The van der Waals surface area contributed by atoms with Crippen molar-refractivity contribution in [2.24, 2.45) is 16.2 Å². The van der Waals surface area contributed by atoms with Crippen LogP contribution < -0.4 is 4.74 Å². The molecule has 0 N–H and O–H groups in total. The van der Waals surface area contributed by atoms with E-state index in [9.17, 15) is 0 Å². The van der Waals surface area contributed by atoms with E-state index in [1.54, 1.807) is 0 Å². The molecule has 4 heteroatoms. The lowest BCUT2D eigenvalue weighted by atomic mass is 9.70. The number of aromatic nitrogens is 2. The number of hydrogen-bond donors (Lipinski definition) is 0. The van der Waals surface area contributed by atoms with Gasteiger partial charge < -0.3 is 9.47 Å². The summed E-state index contributed by atoms with van der Waals surface area (Å²) in [5.74, 6) is 0. The molecule has 0 spiro atoms. The van der Waals surface area contributed by atoms with Gasteiger partial charge in [-0.15, -0.1) is 0 Å². The molecule has 2 heterocycles. The molecule has 0 amide bonds. The van der Waals surface area contributed by atoms with Crippen molar-refractivity contribution in [1.82, 2.24) is 9.97 Å². The summed E-state index contributed by atoms with van der Waals surface area (Å²) >= 11 is 0. The lowest BCUT2D eigenvalue weighted by Gasteiger charge is -2.43. The van der Waals surface area contributed by atoms with Gasteiger partial charge in [-0.05, 0) is 35.7 Å². The molecule has 1 saturated heterocycles. The maximum Gasteiger partial charge on any atom is 0.316 e. The Labute approximate surface area is 141 Å². The standard InChI is InChI=1S/C19H32N2O2/c1-17(2,3)7-8-23-16-20-10-15(11-21-16)9-18(4,5)12-19(6)13-22-14-19/h10-11H,7-9,12-14H2,1-6H3. The molecular weight excluding hydrogens is 288 g/mol. The fraction of sp³-hybridized carbons (Fsp3) is 0.789. The second kappa shape index (κ2) is 6.76. The van der Waals surface area contributed by atoms with Crippen molar-refractivity contribution < 1.29 is 9.47 Å². The fourth-order valence-electron chi connectivity index (χ4n) is 3.28. The first-order valence-electron chi connectivity index (χ1n) is 8.59. The van der Waals surface area contributed by atoms with Crippen LogP contribution in [0, 0.1) is 16.2 Å². The first-order chi connectivity index (χ1) is 10.6. The van der Waals surface area contributed by atoms with Crippen LogP contribution in [0.15, 0.2) is 12.4 Å². The molecule has 0 aromatic carbocycles. The van der Waals surface area contributed by atoms with E-state index in [-0.39, 0.29) is 10.8 Å². The van der Waals surface area contributed by atoms with Gasteiger partial charge in [0.15, 0.2) is 0 Å². The van der Waals surface area contributed by atoms with Crippen molar-refractivity contribution in [3.8, 4) is 6.01 Å². The lowest BCUT2D eigenvalue weighted by Crippen LogP contribution is -2.43. The number of hydrogen-bond acceptors (Lipinski definition) is 4. The van der Waals surface area contributed by atoms with Crippen LogP contribution in [0.2, 0.25) is 0 Å². The monoisotopic (exact) mass is 320 g/mol. The summed E-state index contributed by atoms with van der Waals surface area (Å²) in [7, 11) is 0. The second-order valence-electron chi connectivity index (χ2n) is 9.35. The zero-order valence-corrected chi connectivity index (χ0v) is 15.6. The minimum Gasteiger partial charge on any atom is -0.463 e. The highest BCUT2D eigenvalue weighted by Crippen LogP contribution is 2.40. The summed E-state index contributed by atoms with van der Waals surface area (Å²) < 4.78 is 11.0. The zero-order chi connectivity index (χ0) is 17.1. The van der Waals surface area contributed by atoms with Gasteiger partial charge in [0, 0.05) is 17.8 Å². The van der Waals surface area contributed by atoms with E-state index in [0.717, 1.165) is 32.5 Å². The van der Waals surface area contributed by atoms with Gasteiger partial charge in [0.2, 0.25) is 0 Å². The Morgan fingerprint density at radius 3 is 2.22 bits per heavy atom. The molecule has 0 unspecified atom stereocenters. The predicted octanol–water partition coefficient (Wildman–Crippen LogP) is 4.29. The van der Waals surface area contributed by atoms with Gasteiger partial charge in [0.1, 0.15) is 0 Å². The second-order valence-corrected chi connectivity index (χ2v) is 9.35. The average molecular weight is 320 g/mol. The quantitative estimate of drug-likeness (QED) is 0.752. The van der Waals surface area contributed by atoms with E-state index in [1.165, 1.54) is 5.56 Å². The van der Waals surface area contributed by atoms with Crippen molar-refractivity contribution in [1.29, 1.82) is 0 Å². The van der Waals surface area contributed by atoms with Crippen LogP contribution in [0.25, 0.3) is 0 Å². The molecule has 1 aromatic heterocycles. The van der Waals surface area contributed by atoms with Crippen molar-refractivity contribution in [3.05, 3.63) is 18.0 Å². The van der Waals surface area contributed by atoms with Gasteiger partial charge in [0.05, 0.1) is 19.8 Å². The van der Waals surface area contributed by atoms with E-state index in [4.69, 9.17) is 9.47 Å². The van der Waals surface area contributed by atoms with Gasteiger partial charge in [-0.2, -0.15) is 0 Å². The summed E-state index contributed by atoms with van der Waals surface area (Å²) in [6.07, 6.45) is 6.93. The first-order valence-corrected chi connectivity index (χ1v) is 8.59. The first kappa shape index (κ1) is 18.2. The summed E-state index contributed by atoms with van der Waals surface area (Å²) in [5, 5.41) is 0. The Hall–Kier alpha value is -1.16. The minimum absolute atomic E-state index is 0.219. The fourth-order valence-corrected chi connectivity index (χ4v) is 3.28. The summed E-state index contributed by atoms with van der Waals surface area (Å²) in [6.45, 7) is 16.0. The Morgan fingerprint density at radius 1 is 1.13 bits per heavy atom. The van der Waals surface area contributed by atoms with Crippen molar-refractivity contribution in [3.63, 3.8) is 0 Å². The Balaban J connectivity index is 1.84. The molecule has 1 aliphatic rings. The van der Waals surface area contributed by atoms with Gasteiger partial charge in [0.25, 0.3) is 0 Å². The molecule has 4 nitrogen and oxygen atoms in total. The molecule has 23 heavy (non-hydrogen) atoms. The third-order valence-electron chi connectivity index (χ3n) is 4.25. The maximum atomic E-state index is 5.64. The summed E-state index contributed by atoms with van der Waals surface area (Å²) in [4.78, 5) is 8.71. The molecule has 0 saturated carbocycles. The van der Waals surface area contributed by atoms with Crippen LogP contribution in [0.4, 0.5) is 0 Å². The van der Waals surface area contributed by atoms with E-state index in [1.807, 2.05) is 12.4 Å². The normalized spacial score (nSPS) is 17.7. The minimum atomic E-state index is 0.219. The van der Waals surface area contributed by atoms with Crippen molar-refractivity contribution in [2.75, 3.05) is 19.8 Å². The largest absolute Gasteiger partial charge is 0.463 e. The molecule has 0 aliphatic carbocycles. The number of rotatable bonds is 7. The van der Waals surface area contributed by atoms with Crippen LogP contribution in [0.3, 0.4) is 0 Å². The number of nitrogens with zero attached hydrogens (tertiary/aromatic N) is 2. The third kappa shape index (κ3) is 6.09. The van der Waals surface area contributed by atoms with E-state index >= 15 is 0 Å². The van der Waals surface area contributed by atoms with E-state index in [2.05, 4.69) is 51.5 Å². The van der Waals surface area contributed by atoms with Gasteiger partial charge in [-0.25, -0.2) is 9.97 Å². The molecule has 2 rings (SSSR count). The van der Waals surface area contributed by atoms with Gasteiger partial charge >= 0.3 is 6.01 Å². The molecule has 1 aliphatic heterocycles. The maximum absolute atomic E-state index is 5.64. The van der Waals surface area contributed by atoms with Gasteiger partial charge in [-0.3, -0.25) is 0 Å². The van der Waals surface area contributed by atoms with E-state index < -0.39 is 0 Å². The predicted molar refractivity (Wildman–Crippen MR) is 92.6 cm³/mol. The van der Waals surface area contributed by atoms with Crippen LogP contribution in [0.1, 0.15) is 59.9 Å². The summed E-state index contributed by atoms with van der Waals surface area (Å²) in [5.41, 5.74) is 1.99.